The summed E-state index contributed by atoms with van der Waals surface area (Å²) in [6.45, 7) is 1.95. The zero-order valence-electron chi connectivity index (χ0n) is 11.8. The monoisotopic (exact) mass is 290 g/mol. The van der Waals surface area contributed by atoms with E-state index >= 15 is 0 Å². The molecule has 20 heavy (non-hydrogen) atoms. The second kappa shape index (κ2) is 6.52. The largest absolute Gasteiger partial charge is 0.497 e. The van der Waals surface area contributed by atoms with Crippen LogP contribution < -0.4 is 15.2 Å². The number of ether oxygens (including phenoxy) is 2. The Labute approximate surface area is 123 Å². The van der Waals surface area contributed by atoms with Gasteiger partial charge < -0.3 is 15.2 Å². The summed E-state index contributed by atoms with van der Waals surface area (Å²) in [5.41, 5.74) is 8.63. The first kappa shape index (κ1) is 14.5. The topological polar surface area (TPSA) is 57.4 Å². The molecule has 5 heteroatoms. The third-order valence-electron chi connectivity index (χ3n) is 2.81. The van der Waals surface area contributed by atoms with Crippen molar-refractivity contribution in [1.82, 2.24) is 4.98 Å². The lowest BCUT2D eigenvalue weighted by atomic mass is 10.3. The Morgan fingerprint density at radius 2 is 1.85 bits per heavy atom. The molecule has 0 radical (unpaired) electrons. The molecule has 1 aromatic heterocycles. The van der Waals surface area contributed by atoms with Crippen LogP contribution in [0.1, 0.15) is 11.4 Å². The van der Waals surface area contributed by atoms with E-state index in [0.29, 0.717) is 0 Å². The minimum Gasteiger partial charge on any atom is -0.497 e. The summed E-state index contributed by atoms with van der Waals surface area (Å²) in [6.07, 6.45) is 0. The number of methoxy groups -OCH3 is 2. The van der Waals surface area contributed by atoms with Gasteiger partial charge in [0.15, 0.2) is 0 Å². The summed E-state index contributed by atoms with van der Waals surface area (Å²) < 4.78 is 10.5. The predicted octanol–water partition coefficient (Wildman–Crippen LogP) is 3.28. The lowest BCUT2D eigenvalue weighted by Gasteiger charge is -2.09. The van der Waals surface area contributed by atoms with Gasteiger partial charge in [-0.25, -0.2) is 0 Å². The predicted molar refractivity (Wildman–Crippen MR) is 82.5 cm³/mol. The molecule has 2 rings (SSSR count). The molecule has 0 unspecified atom stereocenters. The van der Waals surface area contributed by atoms with Gasteiger partial charge in [0.05, 0.1) is 19.9 Å². The van der Waals surface area contributed by atoms with Crippen LogP contribution in [0.2, 0.25) is 0 Å². The van der Waals surface area contributed by atoms with Crippen molar-refractivity contribution in [3.63, 3.8) is 0 Å². The van der Waals surface area contributed by atoms with Crippen molar-refractivity contribution in [3.05, 3.63) is 41.7 Å². The standard InChI is InChI=1S/C15H18N2O2S/c1-10-6-13(19-3)7-11(17-10)9-20-15-8-12(18-2)4-5-14(15)16/h4-8H,9,16H2,1-3H3. The van der Waals surface area contributed by atoms with Gasteiger partial charge in [-0.3, -0.25) is 4.98 Å². The normalized spacial score (nSPS) is 10.3. The highest BCUT2D eigenvalue weighted by atomic mass is 32.2. The van der Waals surface area contributed by atoms with Crippen molar-refractivity contribution in [2.45, 2.75) is 17.6 Å². The second-order valence-corrected chi connectivity index (χ2v) is 5.35. The molecule has 0 aliphatic carbocycles. The maximum atomic E-state index is 5.97. The van der Waals surface area contributed by atoms with E-state index in [1.54, 1.807) is 26.0 Å². The molecule has 1 aromatic carbocycles. The summed E-state index contributed by atoms with van der Waals surface area (Å²) in [4.78, 5) is 5.49. The maximum absolute atomic E-state index is 5.97. The van der Waals surface area contributed by atoms with Crippen molar-refractivity contribution >= 4 is 17.4 Å². The molecular weight excluding hydrogens is 272 g/mol. The van der Waals surface area contributed by atoms with Crippen molar-refractivity contribution in [2.24, 2.45) is 0 Å². The fraction of sp³-hybridized carbons (Fsp3) is 0.267. The van der Waals surface area contributed by atoms with Gasteiger partial charge in [-0.1, -0.05) is 0 Å². The minimum atomic E-state index is 0.732. The van der Waals surface area contributed by atoms with Gasteiger partial charge in [-0.2, -0.15) is 0 Å². The average Bonchev–Trinajstić information content (AvgIpc) is 2.45. The number of nitrogen functional groups attached to an aromatic ring is 1. The lowest BCUT2D eigenvalue weighted by Crippen LogP contribution is -1.94. The number of hydrogen-bond acceptors (Lipinski definition) is 5. The Morgan fingerprint density at radius 1 is 1.10 bits per heavy atom. The number of rotatable bonds is 5. The summed E-state index contributed by atoms with van der Waals surface area (Å²) in [5, 5.41) is 0. The Balaban J connectivity index is 2.14. The second-order valence-electron chi connectivity index (χ2n) is 4.33. The van der Waals surface area contributed by atoms with Crippen LogP contribution in [-0.2, 0) is 5.75 Å². The third-order valence-corrected chi connectivity index (χ3v) is 3.92. The molecule has 1 heterocycles. The Bertz CT molecular complexity index is 602. The van der Waals surface area contributed by atoms with Crippen LogP contribution in [0.15, 0.2) is 35.2 Å². The smallest absolute Gasteiger partial charge is 0.122 e. The molecule has 0 spiro atoms. The molecular formula is C15H18N2O2S. The number of benzene rings is 1. The lowest BCUT2D eigenvalue weighted by molar-refractivity contribution is 0.413. The van der Waals surface area contributed by atoms with E-state index in [4.69, 9.17) is 15.2 Å². The molecule has 0 saturated carbocycles. The molecule has 0 saturated heterocycles. The SMILES string of the molecule is COc1cc(C)nc(CSc2cc(OC)ccc2N)c1. The fourth-order valence-electron chi connectivity index (χ4n) is 1.81. The summed E-state index contributed by atoms with van der Waals surface area (Å²) >= 11 is 1.63. The van der Waals surface area contributed by atoms with E-state index in [0.717, 1.165) is 39.2 Å². The Hall–Kier alpha value is -1.88. The summed E-state index contributed by atoms with van der Waals surface area (Å²) in [7, 11) is 3.30. The van der Waals surface area contributed by atoms with Crippen molar-refractivity contribution in [3.8, 4) is 11.5 Å². The van der Waals surface area contributed by atoms with Crippen LogP contribution in [0.3, 0.4) is 0 Å². The van der Waals surface area contributed by atoms with E-state index in [9.17, 15) is 0 Å². The number of aryl methyl sites for hydroxylation is 1. The summed E-state index contributed by atoms with van der Waals surface area (Å²) in [5.74, 6) is 2.36. The number of anilines is 1. The summed E-state index contributed by atoms with van der Waals surface area (Å²) in [6, 6.07) is 9.50. The minimum absolute atomic E-state index is 0.732. The number of nitrogens with zero attached hydrogens (tertiary/aromatic N) is 1. The zero-order chi connectivity index (χ0) is 14.5. The van der Waals surface area contributed by atoms with Crippen LogP contribution in [0.5, 0.6) is 11.5 Å². The van der Waals surface area contributed by atoms with Crippen LogP contribution in [-0.4, -0.2) is 19.2 Å². The van der Waals surface area contributed by atoms with E-state index in [-0.39, 0.29) is 0 Å². The van der Waals surface area contributed by atoms with Crippen molar-refractivity contribution in [2.75, 3.05) is 20.0 Å². The molecule has 0 atom stereocenters. The molecule has 2 N–H and O–H groups in total. The van der Waals surface area contributed by atoms with Gasteiger partial charge >= 0.3 is 0 Å². The van der Waals surface area contributed by atoms with Gasteiger partial charge in [0.1, 0.15) is 11.5 Å². The first-order chi connectivity index (χ1) is 9.62. The van der Waals surface area contributed by atoms with Crippen LogP contribution in [0, 0.1) is 6.92 Å². The van der Waals surface area contributed by atoms with E-state index in [2.05, 4.69) is 4.98 Å². The number of pyridine rings is 1. The van der Waals surface area contributed by atoms with Crippen molar-refractivity contribution < 1.29 is 9.47 Å². The highest BCUT2D eigenvalue weighted by Crippen LogP contribution is 2.31. The molecule has 4 nitrogen and oxygen atoms in total. The molecule has 0 fully saturated rings. The third kappa shape index (κ3) is 3.57. The number of thioether (sulfide) groups is 1. The Kier molecular flexibility index (Phi) is 4.74. The average molecular weight is 290 g/mol. The maximum Gasteiger partial charge on any atom is 0.122 e. The number of hydrogen-bond donors (Lipinski definition) is 1. The fourth-order valence-corrected chi connectivity index (χ4v) is 2.70. The number of aromatic nitrogens is 1. The van der Waals surface area contributed by atoms with Gasteiger partial charge in [0.2, 0.25) is 0 Å². The zero-order valence-corrected chi connectivity index (χ0v) is 12.7. The highest BCUT2D eigenvalue weighted by Gasteiger charge is 2.06. The van der Waals surface area contributed by atoms with Gasteiger partial charge in [0, 0.05) is 34.2 Å². The van der Waals surface area contributed by atoms with Crippen LogP contribution in [0.25, 0.3) is 0 Å². The molecule has 0 bridgehead atoms. The first-order valence-corrected chi connectivity index (χ1v) is 7.19. The molecule has 0 aliphatic heterocycles. The quantitative estimate of drug-likeness (QED) is 0.676. The van der Waals surface area contributed by atoms with E-state index in [1.807, 2.05) is 37.3 Å². The first-order valence-electron chi connectivity index (χ1n) is 6.20. The van der Waals surface area contributed by atoms with Gasteiger partial charge in [-0.05, 0) is 25.1 Å². The molecule has 0 aliphatic rings. The Morgan fingerprint density at radius 3 is 2.55 bits per heavy atom. The van der Waals surface area contributed by atoms with Gasteiger partial charge in [-0.15, -0.1) is 11.8 Å². The highest BCUT2D eigenvalue weighted by molar-refractivity contribution is 7.98. The number of nitrogens with two attached hydrogens (primary N) is 1. The van der Waals surface area contributed by atoms with Crippen LogP contribution in [0.4, 0.5) is 5.69 Å². The molecule has 2 aromatic rings. The molecule has 106 valence electrons. The molecule has 0 amide bonds. The van der Waals surface area contributed by atoms with Gasteiger partial charge in [0.25, 0.3) is 0 Å². The van der Waals surface area contributed by atoms with Crippen molar-refractivity contribution in [1.29, 1.82) is 0 Å². The van der Waals surface area contributed by atoms with E-state index in [1.165, 1.54) is 0 Å². The van der Waals surface area contributed by atoms with Crippen LogP contribution >= 0.6 is 11.8 Å². The van der Waals surface area contributed by atoms with E-state index < -0.39 is 0 Å².